The molecule has 10 heteroatoms. The minimum atomic E-state index is -1.01. The number of aromatic amines is 1. The average molecular weight is 450 g/mol. The Morgan fingerprint density at radius 2 is 1.55 bits per heavy atom. The Hall–Kier alpha value is -4.34. The molecule has 0 atom stereocenters. The first-order valence-corrected chi connectivity index (χ1v) is 10.2. The zero-order valence-electron chi connectivity index (χ0n) is 17.9. The number of carbonyl (C=O) groups excluding carboxylic acids is 4. The maximum atomic E-state index is 13.1. The van der Waals surface area contributed by atoms with Crippen molar-refractivity contribution >= 4 is 34.6 Å². The van der Waals surface area contributed by atoms with E-state index in [-0.39, 0.29) is 30.3 Å². The lowest BCUT2D eigenvalue weighted by atomic mass is 10.1. The van der Waals surface area contributed by atoms with E-state index in [1.54, 1.807) is 29.2 Å². The molecule has 0 unspecified atom stereocenters. The number of benzene rings is 2. The Balaban J connectivity index is 1.51. The van der Waals surface area contributed by atoms with Crippen molar-refractivity contribution in [1.82, 2.24) is 14.8 Å². The molecular weight excluding hydrogens is 428 g/mol. The number of hydrogen-bond acceptors (Lipinski definition) is 6. The number of nitrogens with two attached hydrogens (primary N) is 1. The van der Waals surface area contributed by atoms with Gasteiger partial charge in [-0.2, -0.15) is 0 Å². The van der Waals surface area contributed by atoms with E-state index in [4.69, 9.17) is 15.2 Å². The molecule has 4 rings (SSSR count). The van der Waals surface area contributed by atoms with Gasteiger partial charge in [-0.05, 0) is 24.3 Å². The number of nitrogens with one attached hydrogen (secondary N) is 1. The third-order valence-corrected chi connectivity index (χ3v) is 5.50. The number of H-pyrrole nitrogens is 1. The van der Waals surface area contributed by atoms with E-state index < -0.39 is 17.8 Å². The Morgan fingerprint density at radius 3 is 2.18 bits per heavy atom. The van der Waals surface area contributed by atoms with Gasteiger partial charge < -0.3 is 30.0 Å². The van der Waals surface area contributed by atoms with Gasteiger partial charge in [-0.1, -0.05) is 18.2 Å². The number of carbonyl (C=O) groups is 4. The molecule has 1 aromatic heterocycles. The van der Waals surface area contributed by atoms with Gasteiger partial charge in [0.05, 0.1) is 23.6 Å². The molecule has 0 bridgehead atoms. The minimum Gasteiger partial charge on any atom is -0.496 e. The first-order valence-electron chi connectivity index (χ1n) is 10.2. The van der Waals surface area contributed by atoms with Crippen LogP contribution >= 0.6 is 0 Å². The average Bonchev–Trinajstić information content (AvgIpc) is 3.29. The van der Waals surface area contributed by atoms with Crippen LogP contribution in [0.3, 0.4) is 0 Å². The van der Waals surface area contributed by atoms with Crippen molar-refractivity contribution in [3.63, 3.8) is 0 Å². The van der Waals surface area contributed by atoms with Gasteiger partial charge in [0.15, 0.2) is 5.75 Å². The molecule has 1 fully saturated rings. The molecule has 0 spiro atoms. The van der Waals surface area contributed by atoms with E-state index in [0.29, 0.717) is 35.3 Å². The molecule has 170 valence electrons. The molecule has 3 aromatic rings. The SMILES string of the molecule is COc1ccc(OC(N)=O)c2[nH]cc(C(=O)C(=O)N3CCN(C(=O)c4ccccc4)CC3)c12. The molecule has 33 heavy (non-hydrogen) atoms. The molecular formula is C23H22N4O6. The summed E-state index contributed by atoms with van der Waals surface area (Å²) in [5.74, 6) is -1.10. The fourth-order valence-corrected chi connectivity index (χ4v) is 3.87. The minimum absolute atomic E-state index is 0.0876. The van der Waals surface area contributed by atoms with Crippen LogP contribution in [0.25, 0.3) is 10.9 Å². The summed E-state index contributed by atoms with van der Waals surface area (Å²) < 4.78 is 10.3. The fourth-order valence-electron chi connectivity index (χ4n) is 3.87. The second-order valence-electron chi connectivity index (χ2n) is 7.42. The van der Waals surface area contributed by atoms with Gasteiger partial charge in [-0.15, -0.1) is 0 Å². The maximum Gasteiger partial charge on any atom is 0.410 e. The van der Waals surface area contributed by atoms with Crippen LogP contribution < -0.4 is 15.2 Å². The Kier molecular flexibility index (Phi) is 5.99. The zero-order chi connectivity index (χ0) is 23.5. The van der Waals surface area contributed by atoms with Crippen LogP contribution in [-0.4, -0.2) is 71.8 Å². The lowest BCUT2D eigenvalue weighted by molar-refractivity contribution is -0.127. The standard InChI is InChI=1S/C23H22N4O6/c1-32-16-7-8-17(33-23(24)31)19-18(16)15(13-25-19)20(28)22(30)27-11-9-26(10-12-27)21(29)14-5-3-2-4-6-14/h2-8,13,25H,9-12H2,1H3,(H2,24,31). The Bertz CT molecular complexity index is 1230. The summed E-state index contributed by atoms with van der Waals surface area (Å²) in [6.45, 7) is 1.11. The molecule has 2 heterocycles. The number of piperazine rings is 1. The summed E-state index contributed by atoms with van der Waals surface area (Å²) >= 11 is 0. The quantitative estimate of drug-likeness (QED) is 0.450. The number of rotatable bonds is 5. The lowest BCUT2D eigenvalue weighted by Gasteiger charge is -2.34. The molecule has 3 N–H and O–H groups in total. The van der Waals surface area contributed by atoms with Crippen molar-refractivity contribution in [1.29, 1.82) is 0 Å². The van der Waals surface area contributed by atoms with Crippen LogP contribution in [0, 0.1) is 0 Å². The highest BCUT2D eigenvalue weighted by Gasteiger charge is 2.31. The van der Waals surface area contributed by atoms with Gasteiger partial charge in [-0.25, -0.2) is 4.79 Å². The van der Waals surface area contributed by atoms with Crippen LogP contribution in [0.4, 0.5) is 4.79 Å². The number of amides is 3. The third kappa shape index (κ3) is 4.22. The van der Waals surface area contributed by atoms with Gasteiger partial charge in [0, 0.05) is 37.9 Å². The molecule has 1 aliphatic heterocycles. The van der Waals surface area contributed by atoms with Crippen molar-refractivity contribution in [3.8, 4) is 11.5 Å². The number of primary amides is 1. The number of aromatic nitrogens is 1. The molecule has 0 saturated carbocycles. The number of Topliss-reactive ketones (excluding diaryl/α,β-unsaturated/α-hetero) is 1. The molecule has 1 aliphatic rings. The van der Waals surface area contributed by atoms with Gasteiger partial charge in [-0.3, -0.25) is 14.4 Å². The monoisotopic (exact) mass is 450 g/mol. The smallest absolute Gasteiger partial charge is 0.410 e. The number of hydrogen-bond donors (Lipinski definition) is 2. The largest absolute Gasteiger partial charge is 0.496 e. The van der Waals surface area contributed by atoms with E-state index in [2.05, 4.69) is 4.98 Å². The summed E-state index contributed by atoms with van der Waals surface area (Å²) in [5, 5.41) is 0.312. The number of ether oxygens (including phenoxy) is 2. The predicted octanol–water partition coefficient (Wildman–Crippen LogP) is 1.80. The van der Waals surface area contributed by atoms with Crippen molar-refractivity contribution in [2.24, 2.45) is 5.73 Å². The predicted molar refractivity (Wildman–Crippen MR) is 118 cm³/mol. The molecule has 0 aliphatic carbocycles. The second kappa shape index (κ2) is 9.03. The second-order valence-corrected chi connectivity index (χ2v) is 7.42. The Morgan fingerprint density at radius 1 is 0.909 bits per heavy atom. The summed E-state index contributed by atoms with van der Waals surface area (Å²) in [4.78, 5) is 55.8. The molecule has 3 amide bonds. The maximum absolute atomic E-state index is 13.1. The first kappa shape index (κ1) is 21.9. The normalized spacial score (nSPS) is 13.6. The number of ketones is 1. The number of methoxy groups -OCH3 is 1. The molecule has 10 nitrogen and oxygen atoms in total. The van der Waals surface area contributed by atoms with Crippen LogP contribution in [0.2, 0.25) is 0 Å². The van der Waals surface area contributed by atoms with E-state index in [1.165, 1.54) is 30.3 Å². The molecule has 1 saturated heterocycles. The summed E-state index contributed by atoms with van der Waals surface area (Å²) in [6, 6.07) is 11.9. The van der Waals surface area contributed by atoms with E-state index >= 15 is 0 Å². The fraction of sp³-hybridized carbons (Fsp3) is 0.217. The number of nitrogens with zero attached hydrogens (tertiary/aromatic N) is 2. The zero-order valence-corrected chi connectivity index (χ0v) is 17.9. The van der Waals surface area contributed by atoms with Crippen LogP contribution in [0.5, 0.6) is 11.5 Å². The molecule has 2 aromatic carbocycles. The third-order valence-electron chi connectivity index (χ3n) is 5.50. The van der Waals surface area contributed by atoms with Gasteiger partial charge in [0.1, 0.15) is 5.75 Å². The van der Waals surface area contributed by atoms with E-state index in [9.17, 15) is 19.2 Å². The molecule has 0 radical (unpaired) electrons. The van der Waals surface area contributed by atoms with Crippen LogP contribution in [0.1, 0.15) is 20.7 Å². The highest BCUT2D eigenvalue weighted by molar-refractivity contribution is 6.45. The number of fused-ring (bicyclic) bond motifs is 1. The van der Waals surface area contributed by atoms with Gasteiger partial charge in [0.2, 0.25) is 0 Å². The highest BCUT2D eigenvalue weighted by atomic mass is 16.5. The topological polar surface area (TPSA) is 135 Å². The van der Waals surface area contributed by atoms with E-state index in [0.717, 1.165) is 0 Å². The summed E-state index contributed by atoms with van der Waals surface area (Å²) in [6.07, 6.45) is 0.360. The first-order chi connectivity index (χ1) is 15.9. The van der Waals surface area contributed by atoms with Crippen LogP contribution in [-0.2, 0) is 4.79 Å². The highest BCUT2D eigenvalue weighted by Crippen LogP contribution is 2.35. The van der Waals surface area contributed by atoms with Crippen molar-refractivity contribution in [3.05, 3.63) is 59.8 Å². The van der Waals surface area contributed by atoms with Gasteiger partial charge >= 0.3 is 6.09 Å². The van der Waals surface area contributed by atoms with Crippen LogP contribution in [0.15, 0.2) is 48.7 Å². The Labute approximate surface area is 188 Å². The van der Waals surface area contributed by atoms with Crippen molar-refractivity contribution < 1.29 is 28.7 Å². The van der Waals surface area contributed by atoms with Crippen molar-refractivity contribution in [2.45, 2.75) is 0 Å². The van der Waals surface area contributed by atoms with E-state index in [1.807, 2.05) is 6.07 Å². The summed E-state index contributed by atoms with van der Waals surface area (Å²) in [5.41, 5.74) is 6.08. The van der Waals surface area contributed by atoms with Gasteiger partial charge in [0.25, 0.3) is 17.6 Å². The lowest BCUT2D eigenvalue weighted by Crippen LogP contribution is -2.52. The summed E-state index contributed by atoms with van der Waals surface area (Å²) in [7, 11) is 1.43. The van der Waals surface area contributed by atoms with Crippen molar-refractivity contribution in [2.75, 3.05) is 33.3 Å².